The highest BCUT2D eigenvalue weighted by atomic mass is 35.5. The fraction of sp³-hybridized carbons (Fsp3) is 0.286. The van der Waals surface area contributed by atoms with Gasteiger partial charge >= 0.3 is 0 Å². The normalized spacial score (nSPS) is 18.2. The lowest BCUT2D eigenvalue weighted by Gasteiger charge is -2.23. The zero-order chi connectivity index (χ0) is 11.9. The minimum atomic E-state index is -3.74. The second-order valence-electron chi connectivity index (χ2n) is 3.05. The second kappa shape index (κ2) is 3.97. The van der Waals surface area contributed by atoms with Gasteiger partial charge in [0, 0.05) is 6.42 Å². The molecule has 0 saturated carbocycles. The molecule has 2 heterocycles. The molecule has 88 valence electrons. The summed E-state index contributed by atoms with van der Waals surface area (Å²) in [5.74, 6) is 5.79. The number of nitrogens with zero attached hydrogens (tertiary/aromatic N) is 2. The van der Waals surface area contributed by atoms with Gasteiger partial charge in [0.05, 0.1) is 16.6 Å². The predicted molar refractivity (Wildman–Crippen MR) is 62.3 cm³/mol. The SMILES string of the molecule is NN1C(CCO)=NS(=O)(=O)c2sc(Cl)cc21. The maximum absolute atomic E-state index is 11.7. The number of hydrogen-bond donors (Lipinski definition) is 2. The smallest absolute Gasteiger partial charge is 0.295 e. The molecule has 16 heavy (non-hydrogen) atoms. The van der Waals surface area contributed by atoms with Gasteiger partial charge in [-0.25, -0.2) is 5.84 Å². The van der Waals surface area contributed by atoms with E-state index >= 15 is 0 Å². The van der Waals surface area contributed by atoms with Crippen molar-refractivity contribution < 1.29 is 13.5 Å². The minimum absolute atomic E-state index is 0.0293. The Morgan fingerprint density at radius 2 is 2.31 bits per heavy atom. The van der Waals surface area contributed by atoms with Crippen molar-refractivity contribution in [1.29, 1.82) is 0 Å². The van der Waals surface area contributed by atoms with Crippen LogP contribution < -0.4 is 10.9 Å². The number of sulfonamides is 1. The van der Waals surface area contributed by atoms with Crippen LogP contribution in [0.2, 0.25) is 4.34 Å². The van der Waals surface area contributed by atoms with E-state index in [4.69, 9.17) is 22.6 Å². The Kier molecular flexibility index (Phi) is 2.93. The number of fused-ring (bicyclic) bond motifs is 1. The molecule has 3 N–H and O–H groups in total. The molecule has 1 aromatic rings. The molecule has 0 aromatic carbocycles. The topological polar surface area (TPSA) is 96.0 Å². The number of aliphatic hydroxyl groups excluding tert-OH is 1. The van der Waals surface area contributed by atoms with Crippen LogP contribution in [0.5, 0.6) is 0 Å². The summed E-state index contributed by atoms with van der Waals surface area (Å²) >= 11 is 6.65. The van der Waals surface area contributed by atoms with E-state index < -0.39 is 10.0 Å². The van der Waals surface area contributed by atoms with Crippen molar-refractivity contribution in [2.24, 2.45) is 10.2 Å². The summed E-state index contributed by atoms with van der Waals surface area (Å²) in [6, 6.07) is 1.46. The van der Waals surface area contributed by atoms with Gasteiger partial charge in [0.1, 0.15) is 5.84 Å². The Hall–Kier alpha value is -0.670. The number of hydrogen-bond acceptors (Lipinski definition) is 6. The summed E-state index contributed by atoms with van der Waals surface area (Å²) in [5, 5.41) is 9.91. The highest BCUT2D eigenvalue weighted by Gasteiger charge is 2.31. The van der Waals surface area contributed by atoms with Crippen LogP contribution in [0, 0.1) is 0 Å². The largest absolute Gasteiger partial charge is 0.396 e. The number of amidine groups is 1. The van der Waals surface area contributed by atoms with Gasteiger partial charge in [-0.1, -0.05) is 11.6 Å². The molecule has 2 rings (SSSR count). The molecule has 1 aliphatic heterocycles. The number of hydrazine groups is 1. The predicted octanol–water partition coefficient (Wildman–Crippen LogP) is 0.565. The summed E-state index contributed by atoms with van der Waals surface area (Å²) in [4.78, 5) is 0. The molecule has 0 aliphatic carbocycles. The first-order valence-corrected chi connectivity index (χ1v) is 6.88. The van der Waals surface area contributed by atoms with Gasteiger partial charge in [-0.2, -0.15) is 8.42 Å². The van der Waals surface area contributed by atoms with Crippen LogP contribution >= 0.6 is 22.9 Å². The average molecular weight is 282 g/mol. The Morgan fingerprint density at radius 1 is 1.62 bits per heavy atom. The van der Waals surface area contributed by atoms with E-state index in [0.717, 1.165) is 16.3 Å². The molecule has 0 amide bonds. The van der Waals surface area contributed by atoms with Crippen molar-refractivity contribution in [3.8, 4) is 0 Å². The first-order valence-electron chi connectivity index (χ1n) is 4.24. The fourth-order valence-electron chi connectivity index (χ4n) is 1.32. The van der Waals surface area contributed by atoms with E-state index in [1.807, 2.05) is 0 Å². The Balaban J connectivity index is 2.58. The van der Waals surface area contributed by atoms with E-state index in [0.29, 0.717) is 10.0 Å². The third-order valence-electron chi connectivity index (χ3n) is 1.98. The number of thiophene rings is 1. The van der Waals surface area contributed by atoms with Crippen LogP contribution in [0.1, 0.15) is 6.42 Å². The molecule has 0 radical (unpaired) electrons. The standard InChI is InChI=1S/C7H8ClN3O3S2/c8-5-3-4-7(15-5)16(13,14)10-6(1-2-12)11(4)9/h3,12H,1-2,9H2. The maximum Gasteiger partial charge on any atom is 0.295 e. The first-order chi connectivity index (χ1) is 7.45. The van der Waals surface area contributed by atoms with Gasteiger partial charge in [-0.15, -0.1) is 15.7 Å². The molecular weight excluding hydrogens is 274 g/mol. The average Bonchev–Trinajstić information content (AvgIpc) is 2.58. The van der Waals surface area contributed by atoms with E-state index in [1.54, 1.807) is 0 Å². The van der Waals surface area contributed by atoms with Crippen molar-refractivity contribution in [2.75, 3.05) is 11.6 Å². The zero-order valence-corrected chi connectivity index (χ0v) is 10.3. The molecule has 9 heteroatoms. The molecule has 0 fully saturated rings. The first kappa shape index (κ1) is 11.8. The Morgan fingerprint density at radius 3 is 2.94 bits per heavy atom. The lowest BCUT2D eigenvalue weighted by atomic mass is 10.4. The number of halogens is 1. The zero-order valence-electron chi connectivity index (χ0n) is 7.92. The molecule has 1 aromatic heterocycles. The quantitative estimate of drug-likeness (QED) is 0.773. The summed E-state index contributed by atoms with van der Waals surface area (Å²) in [7, 11) is -3.74. The van der Waals surface area contributed by atoms with Gasteiger partial charge in [-0.05, 0) is 6.07 Å². The van der Waals surface area contributed by atoms with Crippen LogP contribution in [-0.4, -0.2) is 26.0 Å². The summed E-state index contributed by atoms with van der Waals surface area (Å²) in [5.41, 5.74) is 0.299. The van der Waals surface area contributed by atoms with Crippen molar-refractivity contribution >= 4 is 44.5 Å². The number of aliphatic hydroxyl groups is 1. The third-order valence-corrected chi connectivity index (χ3v) is 5.04. The molecule has 0 atom stereocenters. The maximum atomic E-state index is 11.7. The second-order valence-corrected chi connectivity index (χ2v) is 6.53. The van der Waals surface area contributed by atoms with Crippen molar-refractivity contribution in [1.82, 2.24) is 0 Å². The van der Waals surface area contributed by atoms with Gasteiger partial charge in [0.25, 0.3) is 10.0 Å². The van der Waals surface area contributed by atoms with E-state index in [-0.39, 0.29) is 23.1 Å². The van der Waals surface area contributed by atoms with Crippen molar-refractivity contribution in [2.45, 2.75) is 10.6 Å². The fourth-order valence-corrected chi connectivity index (χ4v) is 4.16. The lowest BCUT2D eigenvalue weighted by molar-refractivity contribution is 0.306. The number of rotatable bonds is 2. The van der Waals surface area contributed by atoms with Gasteiger partial charge in [0.2, 0.25) is 0 Å². The van der Waals surface area contributed by atoms with Crippen molar-refractivity contribution in [3.05, 3.63) is 10.4 Å². The molecule has 0 unspecified atom stereocenters. The van der Waals surface area contributed by atoms with E-state index in [2.05, 4.69) is 4.40 Å². The van der Waals surface area contributed by atoms with Gasteiger partial charge < -0.3 is 5.11 Å². The number of anilines is 1. The Bertz CT molecular complexity index is 551. The van der Waals surface area contributed by atoms with Gasteiger partial charge in [0.15, 0.2) is 4.21 Å². The van der Waals surface area contributed by atoms with Gasteiger partial charge in [-0.3, -0.25) is 5.01 Å². The van der Waals surface area contributed by atoms with E-state index in [9.17, 15) is 8.42 Å². The summed E-state index contributed by atoms with van der Waals surface area (Å²) < 4.78 is 27.3. The third kappa shape index (κ3) is 1.82. The molecule has 0 saturated heterocycles. The summed E-state index contributed by atoms with van der Waals surface area (Å²) in [6.07, 6.45) is 0.0721. The van der Waals surface area contributed by atoms with Crippen LogP contribution in [-0.2, 0) is 10.0 Å². The monoisotopic (exact) mass is 281 g/mol. The van der Waals surface area contributed by atoms with Crippen molar-refractivity contribution in [3.63, 3.8) is 0 Å². The minimum Gasteiger partial charge on any atom is -0.396 e. The highest BCUT2D eigenvalue weighted by molar-refractivity contribution is 7.92. The van der Waals surface area contributed by atoms with Crippen LogP contribution in [0.4, 0.5) is 5.69 Å². The Labute approximate surface area is 101 Å². The molecule has 0 bridgehead atoms. The van der Waals surface area contributed by atoms with E-state index in [1.165, 1.54) is 6.07 Å². The number of nitrogens with two attached hydrogens (primary N) is 1. The molecular formula is C7H8ClN3O3S2. The highest BCUT2D eigenvalue weighted by Crippen LogP contribution is 2.39. The van der Waals surface area contributed by atoms with Crippen LogP contribution in [0.25, 0.3) is 0 Å². The molecule has 6 nitrogen and oxygen atoms in total. The van der Waals surface area contributed by atoms with Crippen LogP contribution in [0.3, 0.4) is 0 Å². The molecule has 1 aliphatic rings. The summed E-state index contributed by atoms with van der Waals surface area (Å²) in [6.45, 7) is -0.227. The van der Waals surface area contributed by atoms with Crippen LogP contribution in [0.15, 0.2) is 14.7 Å². The molecule has 0 spiro atoms. The lowest BCUT2D eigenvalue weighted by Crippen LogP contribution is -2.41.